The van der Waals surface area contributed by atoms with Crippen molar-refractivity contribution >= 4 is 17.7 Å². The van der Waals surface area contributed by atoms with Crippen LogP contribution in [0.4, 0.5) is 11.4 Å². The van der Waals surface area contributed by atoms with Gasteiger partial charge in [0.15, 0.2) is 0 Å². The zero-order valence-electron chi connectivity index (χ0n) is 15.4. The second-order valence-corrected chi connectivity index (χ2v) is 7.05. The fourth-order valence-corrected chi connectivity index (χ4v) is 3.71. The number of nitrogens with one attached hydrogen (secondary N) is 1. The molecule has 3 nitrogen and oxygen atoms in total. The van der Waals surface area contributed by atoms with Crippen molar-refractivity contribution in [1.82, 2.24) is 0 Å². The molecule has 0 bridgehead atoms. The first-order valence-electron chi connectivity index (χ1n) is 9.22. The van der Waals surface area contributed by atoms with Crippen molar-refractivity contribution < 1.29 is 4.79 Å². The number of rotatable bonds is 3. The summed E-state index contributed by atoms with van der Waals surface area (Å²) >= 11 is 0. The van der Waals surface area contributed by atoms with Gasteiger partial charge in [-0.3, -0.25) is 0 Å². The minimum absolute atomic E-state index is 0.405. The monoisotopic (exact) mass is 336 g/mol. The molecular formula is C22H28N2O. The second kappa shape index (κ2) is 7.73. The number of hydrogen-bond acceptors (Lipinski definition) is 3. The minimum Gasteiger partial charge on any atom is -0.378 e. The number of carbonyl (C=O) groups excluding carboxylic acids is 1. The first-order chi connectivity index (χ1) is 12.2. The van der Waals surface area contributed by atoms with E-state index in [0.29, 0.717) is 12.1 Å². The van der Waals surface area contributed by atoms with E-state index < -0.39 is 0 Å². The molecule has 1 fully saturated rings. The SMILES string of the molecule is CC1CC(Nc2ccccc2)c2cccc(C3CC3)c2N1C.CC=O. The Labute approximate surface area is 151 Å². The molecule has 1 aliphatic carbocycles. The Morgan fingerprint density at radius 2 is 1.68 bits per heavy atom. The van der Waals surface area contributed by atoms with Gasteiger partial charge >= 0.3 is 0 Å². The third-order valence-electron chi connectivity index (χ3n) is 5.20. The summed E-state index contributed by atoms with van der Waals surface area (Å²) in [5.74, 6) is 0.792. The molecule has 1 heterocycles. The molecule has 2 aliphatic rings. The highest BCUT2D eigenvalue weighted by Gasteiger charge is 2.34. The predicted molar refractivity (Wildman–Crippen MR) is 105 cm³/mol. The van der Waals surface area contributed by atoms with Gasteiger partial charge in [0.1, 0.15) is 6.29 Å². The van der Waals surface area contributed by atoms with Gasteiger partial charge in [0.25, 0.3) is 0 Å². The van der Waals surface area contributed by atoms with Crippen LogP contribution in [0.15, 0.2) is 48.5 Å². The molecule has 25 heavy (non-hydrogen) atoms. The number of benzene rings is 2. The van der Waals surface area contributed by atoms with Gasteiger partial charge in [-0.25, -0.2) is 0 Å². The Kier molecular flexibility index (Phi) is 5.42. The van der Waals surface area contributed by atoms with Crippen LogP contribution in [-0.2, 0) is 4.79 Å². The third-order valence-corrected chi connectivity index (χ3v) is 5.20. The number of nitrogens with zero attached hydrogens (tertiary/aromatic N) is 1. The molecular weight excluding hydrogens is 308 g/mol. The summed E-state index contributed by atoms with van der Waals surface area (Å²) in [6, 6.07) is 18.5. The Bertz CT molecular complexity index is 709. The van der Waals surface area contributed by atoms with Crippen molar-refractivity contribution in [2.45, 2.75) is 51.1 Å². The van der Waals surface area contributed by atoms with Gasteiger partial charge in [0, 0.05) is 24.5 Å². The average Bonchev–Trinajstić information content (AvgIpc) is 3.45. The highest BCUT2D eigenvalue weighted by atomic mass is 16.1. The van der Waals surface area contributed by atoms with Crippen molar-refractivity contribution in [2.24, 2.45) is 0 Å². The van der Waals surface area contributed by atoms with E-state index in [9.17, 15) is 0 Å². The van der Waals surface area contributed by atoms with Gasteiger partial charge in [0.05, 0.1) is 6.04 Å². The number of aldehydes is 1. The Hall–Kier alpha value is -2.29. The van der Waals surface area contributed by atoms with Gasteiger partial charge in [-0.1, -0.05) is 36.4 Å². The Balaban J connectivity index is 0.000000569. The summed E-state index contributed by atoms with van der Waals surface area (Å²) in [7, 11) is 2.26. The van der Waals surface area contributed by atoms with Crippen LogP contribution >= 0.6 is 0 Å². The predicted octanol–water partition coefficient (Wildman–Crippen LogP) is 5.15. The molecule has 2 atom stereocenters. The van der Waals surface area contributed by atoms with E-state index in [2.05, 4.69) is 72.7 Å². The van der Waals surface area contributed by atoms with Gasteiger partial charge in [-0.15, -0.1) is 0 Å². The second-order valence-electron chi connectivity index (χ2n) is 7.05. The summed E-state index contributed by atoms with van der Waals surface area (Å²) in [6.45, 7) is 3.78. The number of carbonyl (C=O) groups is 1. The van der Waals surface area contributed by atoms with Crippen molar-refractivity contribution in [3.05, 3.63) is 59.7 Å². The first kappa shape index (κ1) is 17.5. The number of anilines is 2. The fourth-order valence-electron chi connectivity index (χ4n) is 3.71. The molecule has 1 N–H and O–H groups in total. The summed E-state index contributed by atoms with van der Waals surface area (Å²) < 4.78 is 0. The maximum absolute atomic E-state index is 8.81. The maximum Gasteiger partial charge on any atom is 0.116 e. The Morgan fingerprint density at radius 3 is 2.32 bits per heavy atom. The van der Waals surface area contributed by atoms with Crippen molar-refractivity contribution in [2.75, 3.05) is 17.3 Å². The number of para-hydroxylation sites is 2. The van der Waals surface area contributed by atoms with E-state index in [1.807, 2.05) is 0 Å². The lowest BCUT2D eigenvalue weighted by Gasteiger charge is -2.40. The summed E-state index contributed by atoms with van der Waals surface area (Å²) in [5, 5.41) is 3.75. The number of hydrogen-bond donors (Lipinski definition) is 1. The molecule has 0 aromatic heterocycles. The van der Waals surface area contributed by atoms with Crippen LogP contribution in [0.1, 0.15) is 56.2 Å². The topological polar surface area (TPSA) is 32.3 Å². The summed E-state index contributed by atoms with van der Waals surface area (Å²) in [6.07, 6.45) is 4.61. The summed E-state index contributed by atoms with van der Waals surface area (Å²) in [4.78, 5) is 11.3. The smallest absolute Gasteiger partial charge is 0.116 e. The Morgan fingerprint density at radius 1 is 1.04 bits per heavy atom. The van der Waals surface area contributed by atoms with Crippen LogP contribution < -0.4 is 10.2 Å². The third kappa shape index (κ3) is 3.87. The van der Waals surface area contributed by atoms with Gasteiger partial charge in [0.2, 0.25) is 0 Å². The zero-order valence-corrected chi connectivity index (χ0v) is 15.4. The molecule has 2 aromatic carbocycles. The molecule has 0 amide bonds. The van der Waals surface area contributed by atoms with Crippen LogP contribution in [0.5, 0.6) is 0 Å². The lowest BCUT2D eigenvalue weighted by molar-refractivity contribution is -0.106. The van der Waals surface area contributed by atoms with E-state index >= 15 is 0 Å². The molecule has 132 valence electrons. The molecule has 1 saturated carbocycles. The quantitative estimate of drug-likeness (QED) is 0.787. The highest BCUT2D eigenvalue weighted by Crippen LogP contribution is 2.49. The normalized spacial score (nSPS) is 21.6. The molecule has 2 unspecified atom stereocenters. The van der Waals surface area contributed by atoms with Gasteiger partial charge in [-0.05, 0) is 62.3 Å². The van der Waals surface area contributed by atoms with Crippen LogP contribution in [0.3, 0.4) is 0 Å². The molecule has 3 heteroatoms. The molecule has 2 aromatic rings. The van der Waals surface area contributed by atoms with E-state index in [1.54, 1.807) is 5.56 Å². The lowest BCUT2D eigenvalue weighted by atomic mass is 9.88. The molecule has 0 spiro atoms. The standard InChI is InChI=1S/C20H24N2.C2H4O/c1-14-13-19(21-16-7-4-3-5-8-16)18-10-6-9-17(15-11-12-15)20(18)22(14)2;1-2-3/h3-10,14-15,19,21H,11-13H2,1-2H3;2H,1H3. The van der Waals surface area contributed by atoms with Crippen LogP contribution in [-0.4, -0.2) is 19.4 Å². The van der Waals surface area contributed by atoms with Gasteiger partial charge < -0.3 is 15.0 Å². The number of fused-ring (bicyclic) bond motifs is 1. The highest BCUT2D eigenvalue weighted by molar-refractivity contribution is 5.66. The van der Waals surface area contributed by atoms with E-state index in [-0.39, 0.29) is 0 Å². The van der Waals surface area contributed by atoms with Crippen LogP contribution in [0, 0.1) is 0 Å². The van der Waals surface area contributed by atoms with Crippen LogP contribution in [0.25, 0.3) is 0 Å². The van der Waals surface area contributed by atoms with E-state index in [1.165, 1.54) is 36.7 Å². The largest absolute Gasteiger partial charge is 0.378 e. The lowest BCUT2D eigenvalue weighted by Crippen LogP contribution is -2.38. The fraction of sp³-hybridized carbons (Fsp3) is 0.409. The molecule has 0 radical (unpaired) electrons. The van der Waals surface area contributed by atoms with Crippen molar-refractivity contribution in [3.63, 3.8) is 0 Å². The van der Waals surface area contributed by atoms with E-state index in [0.717, 1.165) is 18.6 Å². The summed E-state index contributed by atoms with van der Waals surface area (Å²) in [5.41, 5.74) is 5.73. The minimum atomic E-state index is 0.405. The first-order valence-corrected chi connectivity index (χ1v) is 9.22. The maximum atomic E-state index is 8.81. The van der Waals surface area contributed by atoms with Crippen molar-refractivity contribution in [3.8, 4) is 0 Å². The van der Waals surface area contributed by atoms with E-state index in [4.69, 9.17) is 4.79 Å². The molecule has 4 rings (SSSR count). The van der Waals surface area contributed by atoms with Crippen LogP contribution in [0.2, 0.25) is 0 Å². The molecule has 0 saturated heterocycles. The van der Waals surface area contributed by atoms with Gasteiger partial charge in [-0.2, -0.15) is 0 Å². The molecule has 1 aliphatic heterocycles. The average molecular weight is 336 g/mol. The van der Waals surface area contributed by atoms with Crippen molar-refractivity contribution in [1.29, 1.82) is 0 Å². The zero-order chi connectivity index (χ0) is 17.8.